The van der Waals surface area contributed by atoms with E-state index in [1.165, 1.54) is 0 Å². The van der Waals surface area contributed by atoms with E-state index >= 15 is 0 Å². The van der Waals surface area contributed by atoms with Crippen LogP contribution in [0.3, 0.4) is 0 Å². The molecule has 1 saturated carbocycles. The van der Waals surface area contributed by atoms with Gasteiger partial charge in [0.05, 0.1) is 4.90 Å². The zero-order valence-electron chi connectivity index (χ0n) is 13.5. The molecule has 0 aliphatic heterocycles. The van der Waals surface area contributed by atoms with E-state index in [9.17, 15) is 8.42 Å². The van der Waals surface area contributed by atoms with Crippen molar-refractivity contribution in [3.05, 3.63) is 29.8 Å². The molecule has 0 atom stereocenters. The lowest BCUT2D eigenvalue weighted by molar-refractivity contribution is 0.373. The Balaban J connectivity index is 0.00000242. The average molecular weight is 347 g/mol. The molecule has 0 unspecified atom stereocenters. The van der Waals surface area contributed by atoms with Crippen molar-refractivity contribution in [2.24, 2.45) is 5.73 Å². The predicted octanol–water partition coefficient (Wildman–Crippen LogP) is 2.95. The molecule has 1 aromatic carbocycles. The highest BCUT2D eigenvalue weighted by molar-refractivity contribution is 7.89. The fourth-order valence-corrected chi connectivity index (χ4v) is 3.96. The van der Waals surface area contributed by atoms with Crippen LogP contribution in [0.4, 0.5) is 0 Å². The Morgan fingerprint density at radius 3 is 2.00 bits per heavy atom. The van der Waals surface area contributed by atoms with Crippen molar-refractivity contribution in [3.63, 3.8) is 0 Å². The van der Waals surface area contributed by atoms with Gasteiger partial charge in [0.2, 0.25) is 10.0 Å². The number of nitrogens with one attached hydrogen (secondary N) is 1. The standard InChI is InChI=1S/C16H26N2O2S.ClH/c1-16(2,3)12-4-10-15(11-5-12)21(19,20)18-14-8-6-13(17)7-9-14;/h4-5,10-11,13-14,18H,6-9,17H2,1-3H3;1H. The maximum Gasteiger partial charge on any atom is 0.240 e. The number of hydrogen-bond donors (Lipinski definition) is 2. The van der Waals surface area contributed by atoms with Crippen molar-refractivity contribution in [2.45, 2.75) is 68.8 Å². The normalized spacial score (nSPS) is 22.9. The Bertz CT molecular complexity index is 571. The monoisotopic (exact) mass is 346 g/mol. The second-order valence-corrected chi connectivity index (χ2v) is 8.72. The molecule has 6 heteroatoms. The molecule has 1 aromatic rings. The van der Waals surface area contributed by atoms with Crippen LogP contribution in [-0.4, -0.2) is 20.5 Å². The Hall–Kier alpha value is -0.620. The summed E-state index contributed by atoms with van der Waals surface area (Å²) in [6.45, 7) is 6.33. The molecule has 3 N–H and O–H groups in total. The van der Waals surface area contributed by atoms with Gasteiger partial charge in [0, 0.05) is 12.1 Å². The van der Waals surface area contributed by atoms with Crippen molar-refractivity contribution in [3.8, 4) is 0 Å². The molecule has 1 fully saturated rings. The van der Waals surface area contributed by atoms with Gasteiger partial charge in [-0.2, -0.15) is 0 Å². The van der Waals surface area contributed by atoms with Crippen LogP contribution in [0, 0.1) is 0 Å². The first-order valence-corrected chi connectivity index (χ1v) is 9.05. The second-order valence-electron chi connectivity index (χ2n) is 7.01. The van der Waals surface area contributed by atoms with E-state index in [4.69, 9.17) is 5.73 Å². The summed E-state index contributed by atoms with van der Waals surface area (Å²) in [5, 5.41) is 0. The highest BCUT2D eigenvalue weighted by Gasteiger charge is 2.24. The number of benzene rings is 1. The van der Waals surface area contributed by atoms with E-state index in [-0.39, 0.29) is 29.9 Å². The number of halogens is 1. The first kappa shape index (κ1) is 19.4. The van der Waals surface area contributed by atoms with E-state index in [1.807, 2.05) is 12.1 Å². The largest absolute Gasteiger partial charge is 0.328 e. The van der Waals surface area contributed by atoms with Crippen LogP contribution in [0.5, 0.6) is 0 Å². The summed E-state index contributed by atoms with van der Waals surface area (Å²) >= 11 is 0. The zero-order chi connectivity index (χ0) is 15.7. The van der Waals surface area contributed by atoms with Gasteiger partial charge in [-0.15, -0.1) is 12.4 Å². The van der Waals surface area contributed by atoms with Crippen LogP contribution >= 0.6 is 12.4 Å². The molecule has 4 nitrogen and oxygen atoms in total. The average Bonchev–Trinajstić information content (AvgIpc) is 2.40. The minimum atomic E-state index is -3.43. The third kappa shape index (κ3) is 4.95. The van der Waals surface area contributed by atoms with Gasteiger partial charge in [0.15, 0.2) is 0 Å². The lowest BCUT2D eigenvalue weighted by atomic mass is 9.87. The molecule has 0 saturated heterocycles. The summed E-state index contributed by atoms with van der Waals surface area (Å²) in [7, 11) is -3.43. The van der Waals surface area contributed by atoms with E-state index in [1.54, 1.807) is 12.1 Å². The number of rotatable bonds is 3. The van der Waals surface area contributed by atoms with Gasteiger partial charge in [-0.1, -0.05) is 32.9 Å². The first-order valence-electron chi connectivity index (χ1n) is 7.57. The van der Waals surface area contributed by atoms with Crippen LogP contribution in [0.2, 0.25) is 0 Å². The fourth-order valence-electron chi connectivity index (χ4n) is 2.66. The molecular weight excluding hydrogens is 320 g/mol. The van der Waals surface area contributed by atoms with Crippen LogP contribution in [0.25, 0.3) is 0 Å². The van der Waals surface area contributed by atoms with Gasteiger partial charge in [-0.3, -0.25) is 0 Å². The summed E-state index contributed by atoms with van der Waals surface area (Å²) in [5.74, 6) is 0. The van der Waals surface area contributed by atoms with Crippen LogP contribution in [0.15, 0.2) is 29.2 Å². The van der Waals surface area contributed by atoms with Gasteiger partial charge in [-0.05, 0) is 48.8 Å². The van der Waals surface area contributed by atoms with E-state index in [2.05, 4.69) is 25.5 Å². The third-order valence-corrected chi connectivity index (χ3v) is 5.66. The molecule has 1 aliphatic rings. The SMILES string of the molecule is CC(C)(C)c1ccc(S(=O)(=O)NC2CCC(N)CC2)cc1.Cl. The summed E-state index contributed by atoms with van der Waals surface area (Å²) in [6.07, 6.45) is 3.41. The minimum Gasteiger partial charge on any atom is -0.328 e. The number of hydrogen-bond acceptors (Lipinski definition) is 3. The van der Waals surface area contributed by atoms with Crippen LogP contribution in [-0.2, 0) is 15.4 Å². The van der Waals surface area contributed by atoms with Crippen LogP contribution in [0.1, 0.15) is 52.0 Å². The zero-order valence-corrected chi connectivity index (χ0v) is 15.1. The first-order chi connectivity index (χ1) is 9.68. The number of sulfonamides is 1. The molecule has 0 aromatic heterocycles. The highest BCUT2D eigenvalue weighted by Crippen LogP contribution is 2.24. The van der Waals surface area contributed by atoms with Crippen molar-refractivity contribution < 1.29 is 8.42 Å². The molecule has 126 valence electrons. The molecule has 0 bridgehead atoms. The molecule has 0 spiro atoms. The van der Waals surface area contributed by atoms with Gasteiger partial charge in [0.1, 0.15) is 0 Å². The maximum absolute atomic E-state index is 12.4. The summed E-state index contributed by atoms with van der Waals surface area (Å²) in [6, 6.07) is 7.40. The Labute approximate surface area is 140 Å². The summed E-state index contributed by atoms with van der Waals surface area (Å²) in [4.78, 5) is 0.338. The molecule has 1 aliphatic carbocycles. The Kier molecular flexibility index (Phi) is 6.45. The highest BCUT2D eigenvalue weighted by atomic mass is 35.5. The molecular formula is C16H27ClN2O2S. The molecule has 0 radical (unpaired) electrons. The second kappa shape index (κ2) is 7.30. The maximum atomic E-state index is 12.4. The smallest absolute Gasteiger partial charge is 0.240 e. The topological polar surface area (TPSA) is 72.2 Å². The molecule has 0 amide bonds. The molecule has 22 heavy (non-hydrogen) atoms. The van der Waals surface area contributed by atoms with E-state index in [0.29, 0.717) is 4.90 Å². The summed E-state index contributed by atoms with van der Waals surface area (Å²) < 4.78 is 27.6. The Morgan fingerprint density at radius 2 is 1.55 bits per heavy atom. The quantitative estimate of drug-likeness (QED) is 0.883. The van der Waals surface area contributed by atoms with E-state index in [0.717, 1.165) is 31.2 Å². The van der Waals surface area contributed by atoms with E-state index < -0.39 is 10.0 Å². The molecule has 2 rings (SSSR count). The van der Waals surface area contributed by atoms with Gasteiger partial charge in [0.25, 0.3) is 0 Å². The van der Waals surface area contributed by atoms with Crippen molar-refractivity contribution in [1.29, 1.82) is 0 Å². The van der Waals surface area contributed by atoms with Crippen molar-refractivity contribution in [1.82, 2.24) is 4.72 Å². The number of nitrogens with two attached hydrogens (primary N) is 1. The lowest BCUT2D eigenvalue weighted by Crippen LogP contribution is -2.40. The summed E-state index contributed by atoms with van der Waals surface area (Å²) in [5.41, 5.74) is 7.00. The lowest BCUT2D eigenvalue weighted by Gasteiger charge is -2.26. The van der Waals surface area contributed by atoms with Crippen molar-refractivity contribution >= 4 is 22.4 Å². The van der Waals surface area contributed by atoms with Gasteiger partial charge in [-0.25, -0.2) is 13.1 Å². The van der Waals surface area contributed by atoms with Crippen molar-refractivity contribution in [2.75, 3.05) is 0 Å². The fraction of sp³-hybridized carbons (Fsp3) is 0.625. The van der Waals surface area contributed by atoms with Crippen LogP contribution < -0.4 is 10.5 Å². The Morgan fingerprint density at radius 1 is 1.05 bits per heavy atom. The molecule has 0 heterocycles. The van der Waals surface area contributed by atoms with Gasteiger partial charge < -0.3 is 5.73 Å². The minimum absolute atomic E-state index is 0. The predicted molar refractivity (Wildman–Crippen MR) is 92.9 cm³/mol. The van der Waals surface area contributed by atoms with Gasteiger partial charge >= 0.3 is 0 Å². The third-order valence-electron chi connectivity index (χ3n) is 4.12.